The lowest BCUT2D eigenvalue weighted by Gasteiger charge is -2.19. The van der Waals surface area contributed by atoms with Crippen molar-refractivity contribution in [2.45, 2.75) is 71.1 Å². The van der Waals surface area contributed by atoms with Crippen LogP contribution >= 0.6 is 0 Å². The number of benzene rings is 1. The van der Waals surface area contributed by atoms with Crippen LogP contribution in [0.2, 0.25) is 0 Å². The van der Waals surface area contributed by atoms with Crippen molar-refractivity contribution in [2.75, 3.05) is 0 Å². The van der Waals surface area contributed by atoms with Gasteiger partial charge in [-0.25, -0.2) is 9.59 Å². The van der Waals surface area contributed by atoms with Crippen LogP contribution in [-0.2, 0) is 9.47 Å². The third-order valence-electron chi connectivity index (χ3n) is 3.85. The van der Waals surface area contributed by atoms with Gasteiger partial charge in [-0.1, -0.05) is 19.1 Å². The number of carbonyl (C=O) groups is 2. The first-order valence-electron chi connectivity index (χ1n) is 8.66. The fraction of sp³-hybridized carbons (Fsp3) is 0.579. The highest BCUT2D eigenvalue weighted by Gasteiger charge is 2.40. The van der Waals surface area contributed by atoms with Gasteiger partial charge in [0, 0.05) is 12.0 Å². The molecule has 0 aliphatic heterocycles. The maximum atomic E-state index is 11.8. The highest BCUT2D eigenvalue weighted by atomic mass is 16.7. The van der Waals surface area contributed by atoms with E-state index in [1.54, 1.807) is 12.1 Å². The number of ether oxygens (including phenoxy) is 3. The summed E-state index contributed by atoms with van der Waals surface area (Å²) < 4.78 is 15.6. The van der Waals surface area contributed by atoms with Crippen LogP contribution < -0.4 is 10.1 Å². The van der Waals surface area contributed by atoms with E-state index in [1.807, 2.05) is 46.8 Å². The van der Waals surface area contributed by atoms with Crippen molar-refractivity contribution in [3.05, 3.63) is 29.8 Å². The lowest BCUT2D eigenvalue weighted by atomic mass is 10.1. The molecule has 1 unspecified atom stereocenters. The van der Waals surface area contributed by atoms with Crippen LogP contribution in [0.15, 0.2) is 24.3 Å². The Morgan fingerprint density at radius 1 is 1.32 bits per heavy atom. The molecule has 2 rings (SSSR count). The Morgan fingerprint density at radius 3 is 2.68 bits per heavy atom. The molecule has 3 atom stereocenters. The SMILES string of the molecule is CCC(C)OC(=O)Oc1cccc([C@@H]2C[C@H]2NC(=O)OC(C)(C)C)c1. The smallest absolute Gasteiger partial charge is 0.444 e. The van der Waals surface area contributed by atoms with E-state index in [1.165, 1.54) is 0 Å². The molecule has 0 aromatic heterocycles. The predicted molar refractivity (Wildman–Crippen MR) is 93.8 cm³/mol. The van der Waals surface area contributed by atoms with Crippen LogP contribution in [0.5, 0.6) is 5.75 Å². The van der Waals surface area contributed by atoms with Crippen LogP contribution in [0.4, 0.5) is 9.59 Å². The molecule has 1 aliphatic rings. The molecule has 1 aromatic rings. The third kappa shape index (κ3) is 6.29. The van der Waals surface area contributed by atoms with Gasteiger partial charge in [0.1, 0.15) is 17.5 Å². The lowest BCUT2D eigenvalue weighted by molar-refractivity contribution is 0.0522. The van der Waals surface area contributed by atoms with Gasteiger partial charge in [0.15, 0.2) is 0 Å². The zero-order valence-electron chi connectivity index (χ0n) is 15.5. The maximum Gasteiger partial charge on any atom is 0.514 e. The second kappa shape index (κ2) is 7.76. The van der Waals surface area contributed by atoms with E-state index in [0.717, 1.165) is 18.4 Å². The maximum absolute atomic E-state index is 11.8. The molecule has 1 aromatic carbocycles. The number of amides is 1. The molecule has 1 aliphatic carbocycles. The van der Waals surface area contributed by atoms with Gasteiger partial charge in [-0.2, -0.15) is 0 Å². The van der Waals surface area contributed by atoms with Gasteiger partial charge in [0.2, 0.25) is 0 Å². The Bertz CT molecular complexity index is 622. The number of carbonyl (C=O) groups excluding carboxylic acids is 2. The lowest BCUT2D eigenvalue weighted by Crippen LogP contribution is -2.34. The van der Waals surface area contributed by atoms with Crippen molar-refractivity contribution in [2.24, 2.45) is 0 Å². The summed E-state index contributed by atoms with van der Waals surface area (Å²) in [6, 6.07) is 7.33. The van der Waals surface area contributed by atoms with Crippen LogP contribution in [-0.4, -0.2) is 30.0 Å². The predicted octanol–water partition coefficient (Wildman–Crippen LogP) is 4.38. The van der Waals surface area contributed by atoms with Gasteiger partial charge in [0.05, 0.1) is 0 Å². The molecule has 1 amide bonds. The first-order valence-corrected chi connectivity index (χ1v) is 8.66. The standard InChI is InChI=1S/C19H27NO5/c1-6-12(2)23-18(22)24-14-9-7-8-13(10-14)15-11-16(15)20-17(21)25-19(3,4)5/h7-10,12,15-16H,6,11H2,1-5H3,(H,20,21)/t12?,15-,16+/m0/s1. The minimum Gasteiger partial charge on any atom is -0.444 e. The van der Waals surface area contributed by atoms with Crippen molar-refractivity contribution in [3.8, 4) is 5.75 Å². The second-order valence-corrected chi connectivity index (χ2v) is 7.36. The Kier molecular flexibility index (Phi) is 5.93. The van der Waals surface area contributed by atoms with Gasteiger partial charge in [0.25, 0.3) is 0 Å². The molecule has 1 fully saturated rings. The van der Waals surface area contributed by atoms with E-state index in [0.29, 0.717) is 5.75 Å². The van der Waals surface area contributed by atoms with Gasteiger partial charge < -0.3 is 19.5 Å². The van der Waals surface area contributed by atoms with Gasteiger partial charge in [-0.05, 0) is 58.2 Å². The van der Waals surface area contributed by atoms with E-state index in [4.69, 9.17) is 14.2 Å². The summed E-state index contributed by atoms with van der Waals surface area (Å²) in [5, 5.41) is 2.86. The third-order valence-corrected chi connectivity index (χ3v) is 3.85. The summed E-state index contributed by atoms with van der Waals surface area (Å²) in [6.45, 7) is 9.24. The number of hydrogen-bond donors (Lipinski definition) is 1. The fourth-order valence-corrected chi connectivity index (χ4v) is 2.36. The van der Waals surface area contributed by atoms with Crippen LogP contribution in [0.1, 0.15) is 58.9 Å². The largest absolute Gasteiger partial charge is 0.514 e. The summed E-state index contributed by atoms with van der Waals surface area (Å²) in [6.07, 6.45) is 0.270. The Morgan fingerprint density at radius 2 is 2.04 bits per heavy atom. The van der Waals surface area contributed by atoms with Crippen molar-refractivity contribution >= 4 is 12.2 Å². The topological polar surface area (TPSA) is 73.9 Å². The molecule has 0 spiro atoms. The molecule has 1 N–H and O–H groups in total. The first kappa shape index (κ1) is 19.1. The zero-order valence-corrected chi connectivity index (χ0v) is 15.5. The molecule has 0 heterocycles. The molecule has 1 saturated carbocycles. The van der Waals surface area contributed by atoms with E-state index in [-0.39, 0.29) is 18.1 Å². The van der Waals surface area contributed by atoms with Gasteiger partial charge >= 0.3 is 12.2 Å². The van der Waals surface area contributed by atoms with Crippen molar-refractivity contribution in [1.82, 2.24) is 5.32 Å². The molecular formula is C19H27NO5. The Hall–Kier alpha value is -2.24. The van der Waals surface area contributed by atoms with E-state index in [2.05, 4.69) is 5.32 Å². The van der Waals surface area contributed by atoms with Gasteiger partial charge in [-0.15, -0.1) is 0 Å². The number of alkyl carbamates (subject to hydrolysis) is 1. The van der Waals surface area contributed by atoms with Gasteiger partial charge in [-0.3, -0.25) is 0 Å². The molecule has 6 heteroatoms. The average Bonchev–Trinajstić information content (AvgIpc) is 3.24. The number of rotatable bonds is 5. The summed E-state index contributed by atoms with van der Waals surface area (Å²) in [4.78, 5) is 23.5. The quantitative estimate of drug-likeness (QED) is 0.631. The molecule has 0 bridgehead atoms. The van der Waals surface area contributed by atoms with Crippen molar-refractivity contribution in [1.29, 1.82) is 0 Å². The minimum atomic E-state index is -0.703. The minimum absolute atomic E-state index is 0.0390. The highest BCUT2D eigenvalue weighted by Crippen LogP contribution is 2.41. The van der Waals surface area contributed by atoms with E-state index >= 15 is 0 Å². The summed E-state index contributed by atoms with van der Waals surface area (Å²) in [5.41, 5.74) is 0.494. The molecule has 6 nitrogen and oxygen atoms in total. The molecular weight excluding hydrogens is 322 g/mol. The summed E-state index contributed by atoms with van der Waals surface area (Å²) in [5.74, 6) is 0.635. The second-order valence-electron chi connectivity index (χ2n) is 7.36. The van der Waals surface area contributed by atoms with E-state index < -0.39 is 17.8 Å². The van der Waals surface area contributed by atoms with E-state index in [9.17, 15) is 9.59 Å². The van der Waals surface area contributed by atoms with Crippen molar-refractivity contribution < 1.29 is 23.8 Å². The van der Waals surface area contributed by atoms with Crippen LogP contribution in [0.25, 0.3) is 0 Å². The molecule has 0 radical (unpaired) electrons. The number of hydrogen-bond acceptors (Lipinski definition) is 5. The van der Waals surface area contributed by atoms with Crippen LogP contribution in [0.3, 0.4) is 0 Å². The molecule has 0 saturated heterocycles. The van der Waals surface area contributed by atoms with Crippen LogP contribution in [0, 0.1) is 0 Å². The van der Waals surface area contributed by atoms with Crippen molar-refractivity contribution in [3.63, 3.8) is 0 Å². The highest BCUT2D eigenvalue weighted by molar-refractivity contribution is 5.69. The summed E-state index contributed by atoms with van der Waals surface area (Å²) in [7, 11) is 0. The molecule has 138 valence electrons. The monoisotopic (exact) mass is 349 g/mol. The first-order chi connectivity index (χ1) is 11.7. The zero-order chi connectivity index (χ0) is 18.6. The summed E-state index contributed by atoms with van der Waals surface area (Å²) >= 11 is 0. The Labute approximate surface area is 148 Å². The fourth-order valence-electron chi connectivity index (χ4n) is 2.36. The number of nitrogens with one attached hydrogen (secondary N) is 1. The molecule has 25 heavy (non-hydrogen) atoms. The normalized spacial score (nSPS) is 20.4. The Balaban J connectivity index is 1.88. The average molecular weight is 349 g/mol.